The van der Waals surface area contributed by atoms with Crippen LogP contribution in [0, 0.1) is 0 Å². The van der Waals surface area contributed by atoms with Crippen LogP contribution in [-0.4, -0.2) is 24.2 Å². The number of fused-ring (bicyclic) bond motifs is 1. The van der Waals surface area contributed by atoms with E-state index in [2.05, 4.69) is 5.32 Å². The summed E-state index contributed by atoms with van der Waals surface area (Å²) in [6.07, 6.45) is -5.59. The molecule has 7 heteroatoms. The van der Waals surface area contributed by atoms with Gasteiger partial charge < -0.3 is 15.2 Å². The quantitative estimate of drug-likeness (QED) is 0.626. The van der Waals surface area contributed by atoms with E-state index in [1.807, 2.05) is 31.2 Å². The molecule has 0 saturated carbocycles. The fourth-order valence-electron chi connectivity index (χ4n) is 3.05. The molecule has 0 aliphatic rings. The number of carbonyl (C=O) groups is 1. The van der Waals surface area contributed by atoms with Crippen molar-refractivity contribution in [2.24, 2.45) is 0 Å². The maximum Gasteiger partial charge on any atom is 0.416 e. The summed E-state index contributed by atoms with van der Waals surface area (Å²) in [6, 6.07) is 15.1. The van der Waals surface area contributed by atoms with Gasteiger partial charge in [0.2, 0.25) is 0 Å². The van der Waals surface area contributed by atoms with Crippen LogP contribution in [0.1, 0.15) is 34.5 Å². The zero-order valence-corrected chi connectivity index (χ0v) is 15.7. The summed E-state index contributed by atoms with van der Waals surface area (Å²) in [5.41, 5.74) is -0.166. The van der Waals surface area contributed by atoms with Crippen molar-refractivity contribution in [3.05, 3.63) is 77.4 Å². The molecule has 0 aromatic heterocycles. The average Bonchev–Trinajstić information content (AvgIpc) is 2.71. The summed E-state index contributed by atoms with van der Waals surface area (Å²) in [4.78, 5) is 12.8. The molecule has 1 unspecified atom stereocenters. The SMILES string of the molecule is CCOc1ccc2ccccc2c1C(=O)NCC(O)c1ccc(C(F)(F)F)cc1. The van der Waals surface area contributed by atoms with E-state index >= 15 is 0 Å². The van der Waals surface area contributed by atoms with Gasteiger partial charge in [0.25, 0.3) is 5.91 Å². The lowest BCUT2D eigenvalue weighted by Crippen LogP contribution is -2.29. The lowest BCUT2D eigenvalue weighted by molar-refractivity contribution is -0.137. The first kappa shape index (κ1) is 20.7. The maximum absolute atomic E-state index is 12.8. The predicted molar refractivity (Wildman–Crippen MR) is 104 cm³/mol. The maximum atomic E-state index is 12.8. The van der Waals surface area contributed by atoms with Gasteiger partial charge in [0.05, 0.1) is 23.8 Å². The van der Waals surface area contributed by atoms with E-state index in [-0.39, 0.29) is 12.1 Å². The number of benzene rings is 3. The zero-order valence-electron chi connectivity index (χ0n) is 15.7. The monoisotopic (exact) mass is 403 g/mol. The van der Waals surface area contributed by atoms with E-state index in [4.69, 9.17) is 4.74 Å². The number of hydrogen-bond acceptors (Lipinski definition) is 3. The Balaban J connectivity index is 1.77. The third-order valence-corrected chi connectivity index (χ3v) is 4.50. The normalized spacial score (nSPS) is 12.6. The Morgan fingerprint density at radius 1 is 1.07 bits per heavy atom. The third kappa shape index (κ3) is 4.68. The summed E-state index contributed by atoms with van der Waals surface area (Å²) < 4.78 is 43.6. The summed E-state index contributed by atoms with van der Waals surface area (Å²) >= 11 is 0. The van der Waals surface area contributed by atoms with Crippen molar-refractivity contribution in [3.8, 4) is 5.75 Å². The lowest BCUT2D eigenvalue weighted by Gasteiger charge is -2.16. The second-order valence-corrected chi connectivity index (χ2v) is 6.44. The van der Waals surface area contributed by atoms with Gasteiger partial charge >= 0.3 is 6.18 Å². The smallest absolute Gasteiger partial charge is 0.416 e. The Bertz CT molecular complexity index is 1000. The van der Waals surface area contributed by atoms with Gasteiger partial charge in [-0.15, -0.1) is 0 Å². The number of aliphatic hydroxyl groups is 1. The van der Waals surface area contributed by atoms with Crippen molar-refractivity contribution in [3.63, 3.8) is 0 Å². The number of carbonyl (C=O) groups excluding carboxylic acids is 1. The molecule has 0 bridgehead atoms. The number of halogens is 3. The van der Waals surface area contributed by atoms with Gasteiger partial charge in [-0.1, -0.05) is 42.5 Å². The highest BCUT2D eigenvalue weighted by Gasteiger charge is 2.30. The number of nitrogens with one attached hydrogen (secondary N) is 1. The topological polar surface area (TPSA) is 58.6 Å². The van der Waals surface area contributed by atoms with Crippen LogP contribution in [-0.2, 0) is 6.18 Å². The highest BCUT2D eigenvalue weighted by Crippen LogP contribution is 2.30. The Labute approximate surface area is 165 Å². The summed E-state index contributed by atoms with van der Waals surface area (Å²) in [7, 11) is 0. The van der Waals surface area contributed by atoms with E-state index in [1.165, 1.54) is 12.1 Å². The molecule has 3 aromatic carbocycles. The third-order valence-electron chi connectivity index (χ3n) is 4.50. The molecule has 152 valence electrons. The molecule has 0 aliphatic carbocycles. The van der Waals surface area contributed by atoms with Crippen LogP contribution in [0.5, 0.6) is 5.75 Å². The van der Waals surface area contributed by atoms with Crippen molar-refractivity contribution in [1.82, 2.24) is 5.32 Å². The van der Waals surface area contributed by atoms with Gasteiger partial charge in [-0.25, -0.2) is 0 Å². The lowest BCUT2D eigenvalue weighted by atomic mass is 10.0. The van der Waals surface area contributed by atoms with Crippen LogP contribution in [0.15, 0.2) is 60.7 Å². The van der Waals surface area contributed by atoms with Crippen LogP contribution < -0.4 is 10.1 Å². The number of aliphatic hydroxyl groups excluding tert-OH is 1. The molecule has 2 N–H and O–H groups in total. The van der Waals surface area contributed by atoms with Crippen molar-refractivity contribution in [2.75, 3.05) is 13.2 Å². The summed E-state index contributed by atoms with van der Waals surface area (Å²) in [6.45, 7) is 2.04. The second-order valence-electron chi connectivity index (χ2n) is 6.44. The van der Waals surface area contributed by atoms with Crippen LogP contribution in [0.2, 0.25) is 0 Å². The molecule has 0 fully saturated rings. The molecule has 4 nitrogen and oxygen atoms in total. The highest BCUT2D eigenvalue weighted by molar-refractivity contribution is 6.09. The molecule has 0 radical (unpaired) electrons. The van der Waals surface area contributed by atoms with Gasteiger partial charge in [-0.05, 0) is 41.5 Å². The molecule has 3 rings (SSSR count). The van der Waals surface area contributed by atoms with Crippen LogP contribution in [0.4, 0.5) is 13.2 Å². The van der Waals surface area contributed by atoms with E-state index in [0.29, 0.717) is 23.3 Å². The largest absolute Gasteiger partial charge is 0.493 e. The van der Waals surface area contributed by atoms with Gasteiger partial charge in [0.1, 0.15) is 5.75 Å². The van der Waals surface area contributed by atoms with E-state index < -0.39 is 23.8 Å². The minimum absolute atomic E-state index is 0.154. The Hall–Kier alpha value is -3.06. The van der Waals surface area contributed by atoms with Crippen LogP contribution in [0.25, 0.3) is 10.8 Å². The van der Waals surface area contributed by atoms with Crippen molar-refractivity contribution in [2.45, 2.75) is 19.2 Å². The molecule has 1 atom stereocenters. The molecular weight excluding hydrogens is 383 g/mol. The average molecular weight is 403 g/mol. The van der Waals surface area contributed by atoms with Crippen LogP contribution >= 0.6 is 0 Å². The van der Waals surface area contributed by atoms with Crippen LogP contribution in [0.3, 0.4) is 0 Å². The van der Waals surface area contributed by atoms with E-state index in [9.17, 15) is 23.1 Å². The Morgan fingerprint density at radius 2 is 1.76 bits per heavy atom. The summed E-state index contributed by atoms with van der Waals surface area (Å²) in [5.74, 6) is -0.0102. The Kier molecular flexibility index (Phi) is 6.08. The molecule has 0 saturated heterocycles. The van der Waals surface area contributed by atoms with Crippen molar-refractivity contribution >= 4 is 16.7 Å². The number of amides is 1. The number of alkyl halides is 3. The number of ether oxygens (including phenoxy) is 1. The van der Waals surface area contributed by atoms with E-state index in [1.54, 1.807) is 12.1 Å². The minimum atomic E-state index is -4.44. The molecule has 1 amide bonds. The van der Waals surface area contributed by atoms with Crippen molar-refractivity contribution in [1.29, 1.82) is 0 Å². The van der Waals surface area contributed by atoms with E-state index in [0.717, 1.165) is 17.5 Å². The fourth-order valence-corrected chi connectivity index (χ4v) is 3.05. The predicted octanol–water partition coefficient (Wildman–Crippen LogP) is 4.72. The number of hydrogen-bond donors (Lipinski definition) is 2. The van der Waals surface area contributed by atoms with Gasteiger partial charge in [0.15, 0.2) is 0 Å². The molecule has 0 spiro atoms. The second kappa shape index (κ2) is 8.53. The first-order valence-electron chi connectivity index (χ1n) is 9.09. The molecule has 3 aromatic rings. The zero-order chi connectivity index (χ0) is 21.0. The molecule has 0 aliphatic heterocycles. The standard InChI is InChI=1S/C22H20F3NO3/c1-2-29-19-12-9-14-5-3-4-6-17(14)20(19)21(28)26-13-18(27)15-7-10-16(11-8-15)22(23,24)25/h3-12,18,27H,2,13H2,1H3,(H,26,28). The first-order valence-corrected chi connectivity index (χ1v) is 9.09. The van der Waals surface area contributed by atoms with Crippen molar-refractivity contribution < 1.29 is 27.8 Å². The minimum Gasteiger partial charge on any atom is -0.493 e. The van der Waals surface area contributed by atoms with Gasteiger partial charge in [-0.3, -0.25) is 4.79 Å². The fraction of sp³-hybridized carbons (Fsp3) is 0.227. The molecule has 29 heavy (non-hydrogen) atoms. The van der Waals surface area contributed by atoms with Gasteiger partial charge in [-0.2, -0.15) is 13.2 Å². The summed E-state index contributed by atoms with van der Waals surface area (Å²) in [5, 5.41) is 14.5. The first-order chi connectivity index (χ1) is 13.8. The van der Waals surface area contributed by atoms with Gasteiger partial charge in [0, 0.05) is 6.54 Å². The highest BCUT2D eigenvalue weighted by atomic mass is 19.4. The Morgan fingerprint density at radius 3 is 2.41 bits per heavy atom. The number of rotatable bonds is 6. The molecular formula is C22H20F3NO3. The molecule has 0 heterocycles.